The number of anilines is 2. The molecule has 0 aliphatic rings. The second-order valence-corrected chi connectivity index (χ2v) is 6.99. The van der Waals surface area contributed by atoms with Crippen LogP contribution in [0.1, 0.15) is 36.8 Å². The first-order chi connectivity index (χ1) is 13.3. The van der Waals surface area contributed by atoms with E-state index in [1.807, 2.05) is 38.4 Å². The lowest BCUT2D eigenvalue weighted by atomic mass is 10.1. The minimum Gasteiger partial charge on any atom is -0.366 e. The Morgan fingerprint density at radius 2 is 2.04 bits per heavy atom. The van der Waals surface area contributed by atoms with Gasteiger partial charge in [0.15, 0.2) is 5.65 Å². The number of aryl methyl sites for hydroxylation is 2. The number of amides is 1. The summed E-state index contributed by atoms with van der Waals surface area (Å²) in [6.07, 6.45) is 3.54. The van der Waals surface area contributed by atoms with Crippen molar-refractivity contribution >= 4 is 34.4 Å². The van der Waals surface area contributed by atoms with E-state index >= 15 is 0 Å². The van der Waals surface area contributed by atoms with Crippen LogP contribution < -0.4 is 11.1 Å². The van der Waals surface area contributed by atoms with Gasteiger partial charge >= 0.3 is 0 Å². The Hall–Kier alpha value is -3.56. The van der Waals surface area contributed by atoms with Crippen molar-refractivity contribution in [3.8, 4) is 0 Å². The van der Waals surface area contributed by atoms with E-state index < -0.39 is 0 Å². The second-order valence-electron chi connectivity index (χ2n) is 6.99. The Balaban J connectivity index is 1.58. The van der Waals surface area contributed by atoms with Crippen LogP contribution in [0.3, 0.4) is 0 Å². The maximum atomic E-state index is 12.6. The molecule has 0 aliphatic heterocycles. The Bertz CT molecular complexity index is 1200. The van der Waals surface area contributed by atoms with Crippen LogP contribution in [0.4, 0.5) is 11.6 Å². The third-order valence-corrected chi connectivity index (χ3v) is 4.61. The minimum absolute atomic E-state index is 0.151. The van der Waals surface area contributed by atoms with Gasteiger partial charge in [0, 0.05) is 28.4 Å². The lowest BCUT2D eigenvalue weighted by Crippen LogP contribution is -2.18. The maximum Gasteiger partial charge on any atom is 0.254 e. The molecule has 0 fully saturated rings. The standard InChI is InChI=1S/C18H21N9O/c1-9(2)26-16-12(7-21-26)5-13(8-20-16)23-15(28)6-14-10(3)22-18-24-17(19)25-27(18)11(14)4/h5,7-9H,6H2,1-4H3,(H2,19,25)(H,23,28). The van der Waals surface area contributed by atoms with Gasteiger partial charge in [0.1, 0.15) is 0 Å². The first kappa shape index (κ1) is 17.8. The number of nitrogens with two attached hydrogens (primary N) is 1. The van der Waals surface area contributed by atoms with E-state index in [4.69, 9.17) is 5.73 Å². The smallest absolute Gasteiger partial charge is 0.254 e. The van der Waals surface area contributed by atoms with E-state index in [0.717, 1.165) is 28.0 Å². The summed E-state index contributed by atoms with van der Waals surface area (Å²) in [4.78, 5) is 25.5. The SMILES string of the molecule is Cc1nc2nc(N)nn2c(C)c1CC(=O)Nc1cnc2c(cnn2C(C)C)c1. The molecule has 0 atom stereocenters. The molecule has 0 bridgehead atoms. The van der Waals surface area contributed by atoms with E-state index in [0.29, 0.717) is 11.5 Å². The molecule has 10 nitrogen and oxygen atoms in total. The molecule has 4 heterocycles. The van der Waals surface area contributed by atoms with E-state index in [1.165, 1.54) is 0 Å². The summed E-state index contributed by atoms with van der Waals surface area (Å²) in [6.45, 7) is 7.80. The summed E-state index contributed by atoms with van der Waals surface area (Å²) >= 11 is 0. The van der Waals surface area contributed by atoms with Gasteiger partial charge in [0.25, 0.3) is 5.78 Å². The zero-order valence-electron chi connectivity index (χ0n) is 16.1. The maximum absolute atomic E-state index is 12.6. The van der Waals surface area contributed by atoms with Gasteiger partial charge in [-0.25, -0.2) is 14.6 Å². The molecule has 1 amide bonds. The van der Waals surface area contributed by atoms with Crippen LogP contribution in [0.2, 0.25) is 0 Å². The van der Waals surface area contributed by atoms with Gasteiger partial charge in [-0.05, 0) is 33.8 Å². The number of aromatic nitrogens is 7. The number of carbonyl (C=O) groups excluding carboxylic acids is 1. The van der Waals surface area contributed by atoms with Crippen molar-refractivity contribution in [3.05, 3.63) is 35.4 Å². The molecule has 0 unspecified atom stereocenters. The van der Waals surface area contributed by atoms with Gasteiger partial charge in [0.05, 0.1) is 24.5 Å². The molecule has 0 radical (unpaired) electrons. The lowest BCUT2D eigenvalue weighted by Gasteiger charge is -2.11. The molecule has 0 saturated carbocycles. The van der Waals surface area contributed by atoms with Crippen molar-refractivity contribution < 1.29 is 4.79 Å². The zero-order chi connectivity index (χ0) is 20.0. The molecule has 4 aromatic rings. The number of nitrogens with zero attached hydrogens (tertiary/aromatic N) is 7. The highest BCUT2D eigenvalue weighted by molar-refractivity contribution is 5.94. The van der Waals surface area contributed by atoms with E-state index in [1.54, 1.807) is 16.9 Å². The second kappa shape index (κ2) is 6.55. The molecular weight excluding hydrogens is 358 g/mol. The van der Waals surface area contributed by atoms with Crippen LogP contribution >= 0.6 is 0 Å². The Kier molecular flexibility index (Phi) is 4.17. The molecule has 0 aromatic carbocycles. The van der Waals surface area contributed by atoms with Crippen LogP contribution in [0.25, 0.3) is 16.8 Å². The fraction of sp³-hybridized carbons (Fsp3) is 0.333. The topological polar surface area (TPSA) is 129 Å². The van der Waals surface area contributed by atoms with E-state index in [2.05, 4.69) is 30.5 Å². The van der Waals surface area contributed by atoms with Crippen molar-refractivity contribution in [2.45, 2.75) is 40.2 Å². The van der Waals surface area contributed by atoms with E-state index in [9.17, 15) is 4.79 Å². The lowest BCUT2D eigenvalue weighted by molar-refractivity contribution is -0.115. The molecule has 0 saturated heterocycles. The van der Waals surface area contributed by atoms with Gasteiger partial charge in [-0.15, -0.1) is 5.10 Å². The highest BCUT2D eigenvalue weighted by atomic mass is 16.1. The Labute approximate surface area is 160 Å². The molecule has 4 aromatic heterocycles. The number of nitrogen functional groups attached to an aromatic ring is 1. The Morgan fingerprint density at radius 1 is 1.25 bits per heavy atom. The average Bonchev–Trinajstić information content (AvgIpc) is 3.21. The first-order valence-corrected chi connectivity index (χ1v) is 8.95. The van der Waals surface area contributed by atoms with Crippen LogP contribution in [-0.4, -0.2) is 40.3 Å². The van der Waals surface area contributed by atoms with Gasteiger partial charge in [0.2, 0.25) is 11.9 Å². The number of hydrogen-bond donors (Lipinski definition) is 2. The third-order valence-electron chi connectivity index (χ3n) is 4.61. The zero-order valence-corrected chi connectivity index (χ0v) is 16.1. The number of carbonyl (C=O) groups is 1. The summed E-state index contributed by atoms with van der Waals surface area (Å²) in [5.41, 5.74) is 9.36. The molecule has 3 N–H and O–H groups in total. The molecule has 144 valence electrons. The molecule has 0 aliphatic carbocycles. The van der Waals surface area contributed by atoms with Crippen LogP contribution in [0, 0.1) is 13.8 Å². The predicted octanol–water partition coefficient (Wildman–Crippen LogP) is 1.83. The summed E-state index contributed by atoms with van der Waals surface area (Å²) in [7, 11) is 0. The first-order valence-electron chi connectivity index (χ1n) is 8.95. The number of rotatable bonds is 4. The van der Waals surface area contributed by atoms with Crippen molar-refractivity contribution in [2.75, 3.05) is 11.1 Å². The van der Waals surface area contributed by atoms with Gasteiger partial charge in [-0.1, -0.05) is 0 Å². The van der Waals surface area contributed by atoms with Gasteiger partial charge in [-0.3, -0.25) is 4.79 Å². The molecule has 28 heavy (non-hydrogen) atoms. The van der Waals surface area contributed by atoms with Crippen LogP contribution in [-0.2, 0) is 11.2 Å². The van der Waals surface area contributed by atoms with Crippen molar-refractivity contribution in [3.63, 3.8) is 0 Å². The monoisotopic (exact) mass is 379 g/mol. The molecular formula is C18H21N9O. The van der Waals surface area contributed by atoms with E-state index in [-0.39, 0.29) is 24.3 Å². The normalized spacial score (nSPS) is 11.6. The summed E-state index contributed by atoms with van der Waals surface area (Å²) < 4.78 is 3.40. The average molecular weight is 379 g/mol. The quantitative estimate of drug-likeness (QED) is 0.553. The molecule has 0 spiro atoms. The summed E-state index contributed by atoms with van der Waals surface area (Å²) in [5, 5.41) is 12.2. The number of fused-ring (bicyclic) bond motifs is 2. The van der Waals surface area contributed by atoms with Crippen molar-refractivity contribution in [1.82, 2.24) is 34.3 Å². The highest BCUT2D eigenvalue weighted by Crippen LogP contribution is 2.20. The summed E-state index contributed by atoms with van der Waals surface area (Å²) in [5.74, 6) is 0.407. The van der Waals surface area contributed by atoms with Crippen molar-refractivity contribution in [2.24, 2.45) is 0 Å². The number of hydrogen-bond acceptors (Lipinski definition) is 7. The number of nitrogens with one attached hydrogen (secondary N) is 1. The number of pyridine rings is 1. The van der Waals surface area contributed by atoms with Crippen LogP contribution in [0.15, 0.2) is 18.5 Å². The van der Waals surface area contributed by atoms with Gasteiger partial charge in [-0.2, -0.15) is 14.6 Å². The molecule has 10 heteroatoms. The fourth-order valence-electron chi connectivity index (χ4n) is 3.23. The van der Waals surface area contributed by atoms with Gasteiger partial charge < -0.3 is 11.1 Å². The Morgan fingerprint density at radius 3 is 2.79 bits per heavy atom. The third kappa shape index (κ3) is 3.02. The van der Waals surface area contributed by atoms with Crippen LogP contribution in [0.5, 0.6) is 0 Å². The summed E-state index contributed by atoms with van der Waals surface area (Å²) in [6, 6.07) is 2.08. The van der Waals surface area contributed by atoms with Crippen molar-refractivity contribution in [1.29, 1.82) is 0 Å². The fourth-order valence-corrected chi connectivity index (χ4v) is 3.23. The molecule has 4 rings (SSSR count). The minimum atomic E-state index is -0.169. The predicted molar refractivity (Wildman–Crippen MR) is 105 cm³/mol. The largest absolute Gasteiger partial charge is 0.366 e. The highest BCUT2D eigenvalue weighted by Gasteiger charge is 2.16.